The summed E-state index contributed by atoms with van der Waals surface area (Å²) in [4.78, 5) is 23.3. The number of benzene rings is 1. The Morgan fingerprint density at radius 3 is 3.07 bits per heavy atom. The van der Waals surface area contributed by atoms with Crippen molar-refractivity contribution in [1.29, 1.82) is 0 Å². The maximum Gasteiger partial charge on any atom is 0.259 e. The molecule has 0 saturated carbocycles. The summed E-state index contributed by atoms with van der Waals surface area (Å²) in [5, 5.41) is 12.7. The zero-order valence-corrected chi connectivity index (χ0v) is 16.3. The number of fused-ring (bicyclic) bond motifs is 1. The van der Waals surface area contributed by atoms with Gasteiger partial charge < -0.3 is 15.2 Å². The number of nitrogens with one attached hydrogen (secondary N) is 1. The number of aliphatic hydroxyl groups excluding tert-OH is 1. The van der Waals surface area contributed by atoms with Crippen LogP contribution >= 0.6 is 0 Å². The molecule has 1 aromatic carbocycles. The van der Waals surface area contributed by atoms with Crippen molar-refractivity contribution in [3.05, 3.63) is 53.7 Å². The van der Waals surface area contributed by atoms with Crippen molar-refractivity contribution in [3.63, 3.8) is 0 Å². The van der Waals surface area contributed by atoms with Crippen LogP contribution in [0, 0.1) is 0 Å². The van der Waals surface area contributed by atoms with Gasteiger partial charge in [0, 0.05) is 24.2 Å². The van der Waals surface area contributed by atoms with Crippen LogP contribution in [0.15, 0.2) is 42.6 Å². The Kier molecular flexibility index (Phi) is 6.60. The first-order chi connectivity index (χ1) is 13.6. The first kappa shape index (κ1) is 19.8. The molecule has 7 heteroatoms. The molecule has 2 heterocycles. The number of aromatic nitrogens is 2. The van der Waals surface area contributed by atoms with Crippen LogP contribution in [0.2, 0.25) is 0 Å². The molecule has 0 saturated heterocycles. The molecule has 1 amide bonds. The monoisotopic (exact) mass is 382 g/mol. The molecule has 0 unspecified atom stereocenters. The predicted octanol–water partition coefficient (Wildman–Crippen LogP) is 2.82. The van der Waals surface area contributed by atoms with Crippen LogP contribution in [-0.2, 0) is 6.42 Å². The molecule has 0 aliphatic carbocycles. The molecule has 1 aromatic heterocycles. The molecule has 0 bridgehead atoms. The average molecular weight is 382 g/mol. The van der Waals surface area contributed by atoms with Crippen molar-refractivity contribution in [3.8, 4) is 5.75 Å². The standard InChI is InChI=1S/C21H26N4O3/c1-3-4-5-15(2)23-21-22-10-8-19(24-21)25(11-12-26)20(27)17-6-7-18-16(14-17)9-13-28-18/h4-8,10,14-15,26H,3,9,11-13H2,1-2H3,(H,22,23,24)/b5-4+/t15-/m0/s1. The van der Waals surface area contributed by atoms with Gasteiger partial charge in [-0.25, -0.2) is 4.98 Å². The number of hydrogen-bond donors (Lipinski definition) is 2. The summed E-state index contributed by atoms with van der Waals surface area (Å²) in [6.45, 7) is 4.70. The third-order valence-electron chi connectivity index (χ3n) is 4.44. The highest BCUT2D eigenvalue weighted by Gasteiger charge is 2.22. The zero-order valence-electron chi connectivity index (χ0n) is 16.3. The van der Waals surface area contributed by atoms with Crippen molar-refractivity contribution in [2.45, 2.75) is 32.7 Å². The Balaban J connectivity index is 1.82. The van der Waals surface area contributed by atoms with Crippen LogP contribution in [0.5, 0.6) is 5.75 Å². The van der Waals surface area contributed by atoms with Gasteiger partial charge in [-0.2, -0.15) is 4.98 Å². The molecular weight excluding hydrogens is 356 g/mol. The summed E-state index contributed by atoms with van der Waals surface area (Å²) >= 11 is 0. The summed E-state index contributed by atoms with van der Waals surface area (Å²) in [7, 11) is 0. The highest BCUT2D eigenvalue weighted by atomic mass is 16.5. The van der Waals surface area contributed by atoms with Crippen LogP contribution in [0.4, 0.5) is 11.8 Å². The highest BCUT2D eigenvalue weighted by Crippen LogP contribution is 2.27. The summed E-state index contributed by atoms with van der Waals surface area (Å²) in [6.07, 6.45) is 7.47. The predicted molar refractivity (Wildman–Crippen MR) is 109 cm³/mol. The second-order valence-corrected chi connectivity index (χ2v) is 6.61. The van der Waals surface area contributed by atoms with Gasteiger partial charge in [0.15, 0.2) is 0 Å². The molecular formula is C21H26N4O3. The smallest absolute Gasteiger partial charge is 0.259 e. The lowest BCUT2D eigenvalue weighted by atomic mass is 10.1. The van der Waals surface area contributed by atoms with E-state index in [1.165, 1.54) is 4.90 Å². The molecule has 1 aliphatic heterocycles. The van der Waals surface area contributed by atoms with Gasteiger partial charge in [0.1, 0.15) is 11.6 Å². The fourth-order valence-corrected chi connectivity index (χ4v) is 3.06. The Morgan fingerprint density at radius 2 is 2.29 bits per heavy atom. The summed E-state index contributed by atoms with van der Waals surface area (Å²) in [5.41, 5.74) is 1.57. The van der Waals surface area contributed by atoms with Gasteiger partial charge in [0.05, 0.1) is 19.8 Å². The molecule has 3 rings (SSSR count). The topological polar surface area (TPSA) is 87.6 Å². The van der Waals surface area contributed by atoms with Gasteiger partial charge in [-0.3, -0.25) is 9.69 Å². The Bertz CT molecular complexity index is 853. The number of rotatable bonds is 8. The second kappa shape index (κ2) is 9.32. The van der Waals surface area contributed by atoms with Crippen molar-refractivity contribution in [2.75, 3.05) is 30.0 Å². The van der Waals surface area contributed by atoms with Crippen LogP contribution in [0.3, 0.4) is 0 Å². The number of ether oxygens (including phenoxy) is 1. The van der Waals surface area contributed by atoms with Crippen LogP contribution in [0.25, 0.3) is 0 Å². The fourth-order valence-electron chi connectivity index (χ4n) is 3.06. The number of anilines is 2. The number of hydrogen-bond acceptors (Lipinski definition) is 6. The van der Waals surface area contributed by atoms with Gasteiger partial charge in [0.2, 0.25) is 5.95 Å². The van der Waals surface area contributed by atoms with E-state index in [4.69, 9.17) is 4.74 Å². The number of carbonyl (C=O) groups is 1. The van der Waals surface area contributed by atoms with Crippen LogP contribution < -0.4 is 15.0 Å². The van der Waals surface area contributed by atoms with Crippen molar-refractivity contribution < 1.29 is 14.6 Å². The van der Waals surface area contributed by atoms with E-state index in [-0.39, 0.29) is 25.1 Å². The molecule has 1 aliphatic rings. The molecule has 7 nitrogen and oxygen atoms in total. The SMILES string of the molecule is CC/C=C/[C@H](C)Nc1nccc(N(CCO)C(=O)c2ccc3c(c2)CCO3)n1. The maximum absolute atomic E-state index is 13.1. The summed E-state index contributed by atoms with van der Waals surface area (Å²) in [6, 6.07) is 7.15. The molecule has 2 N–H and O–H groups in total. The number of amides is 1. The molecule has 1 atom stereocenters. The first-order valence-electron chi connectivity index (χ1n) is 9.57. The van der Waals surface area contributed by atoms with Gasteiger partial charge in [-0.1, -0.05) is 19.1 Å². The lowest BCUT2D eigenvalue weighted by Gasteiger charge is -2.22. The van der Waals surface area contributed by atoms with Crippen molar-refractivity contribution in [1.82, 2.24) is 9.97 Å². The lowest BCUT2D eigenvalue weighted by Crippen LogP contribution is -2.34. The van der Waals surface area contributed by atoms with Crippen LogP contribution in [-0.4, -0.2) is 46.8 Å². The van der Waals surface area contributed by atoms with E-state index in [0.29, 0.717) is 23.9 Å². The normalized spacial score (nSPS) is 13.8. The Hall–Kier alpha value is -2.93. The quantitative estimate of drug-likeness (QED) is 0.683. The fraction of sp³-hybridized carbons (Fsp3) is 0.381. The van der Waals surface area contributed by atoms with E-state index < -0.39 is 0 Å². The van der Waals surface area contributed by atoms with Gasteiger partial charge in [-0.15, -0.1) is 0 Å². The summed E-state index contributed by atoms with van der Waals surface area (Å²) in [5.74, 6) is 1.49. The Labute approximate surface area is 165 Å². The number of nitrogens with zero attached hydrogens (tertiary/aromatic N) is 3. The Morgan fingerprint density at radius 1 is 1.43 bits per heavy atom. The van der Waals surface area contributed by atoms with E-state index in [1.54, 1.807) is 18.3 Å². The molecule has 148 valence electrons. The third kappa shape index (κ3) is 4.67. The largest absolute Gasteiger partial charge is 0.493 e. The highest BCUT2D eigenvalue weighted by molar-refractivity contribution is 6.05. The number of allylic oxidation sites excluding steroid dienone is 1. The minimum Gasteiger partial charge on any atom is -0.493 e. The zero-order chi connectivity index (χ0) is 19.9. The minimum absolute atomic E-state index is 0.0638. The minimum atomic E-state index is -0.215. The molecule has 2 aromatic rings. The van der Waals surface area contributed by atoms with E-state index in [0.717, 1.165) is 24.2 Å². The average Bonchev–Trinajstić information content (AvgIpc) is 3.18. The molecule has 0 fully saturated rings. The number of carbonyl (C=O) groups excluding carboxylic acids is 1. The van der Waals surface area contributed by atoms with Gasteiger partial charge >= 0.3 is 0 Å². The van der Waals surface area contributed by atoms with Crippen LogP contribution in [0.1, 0.15) is 36.2 Å². The first-order valence-corrected chi connectivity index (χ1v) is 9.57. The molecule has 0 radical (unpaired) electrons. The maximum atomic E-state index is 13.1. The van der Waals surface area contributed by atoms with Gasteiger partial charge in [0.25, 0.3) is 5.91 Å². The van der Waals surface area contributed by atoms with E-state index in [9.17, 15) is 9.90 Å². The van der Waals surface area contributed by atoms with E-state index >= 15 is 0 Å². The molecule has 0 spiro atoms. The summed E-state index contributed by atoms with van der Waals surface area (Å²) < 4.78 is 5.51. The van der Waals surface area contributed by atoms with E-state index in [1.807, 2.05) is 25.1 Å². The third-order valence-corrected chi connectivity index (χ3v) is 4.44. The van der Waals surface area contributed by atoms with Gasteiger partial charge in [-0.05, 0) is 43.2 Å². The van der Waals surface area contributed by atoms with Crippen molar-refractivity contribution in [2.24, 2.45) is 0 Å². The second-order valence-electron chi connectivity index (χ2n) is 6.61. The number of aliphatic hydroxyl groups is 1. The molecule has 28 heavy (non-hydrogen) atoms. The van der Waals surface area contributed by atoms with E-state index in [2.05, 4.69) is 28.3 Å². The lowest BCUT2D eigenvalue weighted by molar-refractivity contribution is 0.0980. The van der Waals surface area contributed by atoms with Crippen molar-refractivity contribution >= 4 is 17.7 Å².